The second-order valence-electron chi connectivity index (χ2n) is 4.41. The van der Waals surface area contributed by atoms with E-state index in [1.54, 1.807) is 5.41 Å². The highest BCUT2D eigenvalue weighted by Gasteiger charge is 2.02. The lowest BCUT2D eigenvalue weighted by atomic mass is 9.97. The quantitative estimate of drug-likeness (QED) is 0.697. The van der Waals surface area contributed by atoms with Crippen LogP contribution < -0.4 is 0 Å². The van der Waals surface area contributed by atoms with Crippen LogP contribution in [0.15, 0.2) is 52.4 Å². The molecule has 1 unspecified atom stereocenters. The first-order valence-corrected chi connectivity index (χ1v) is 6.10. The normalized spacial score (nSPS) is 12.7. The van der Waals surface area contributed by atoms with Crippen molar-refractivity contribution in [1.29, 1.82) is 0 Å². The standard InChI is InChI=1S/C13H16OS/c1-13(2,3)10-7-11-15(14)12-8-5-4-6-9-12/h4-6,8-11H,1-3H3. The molecule has 0 aliphatic heterocycles. The SMILES string of the molecule is CC(C)(C)C=C=CS(=O)c1ccccc1. The summed E-state index contributed by atoms with van der Waals surface area (Å²) in [5, 5.41) is 1.60. The van der Waals surface area contributed by atoms with Crippen LogP contribution in [0.5, 0.6) is 0 Å². The van der Waals surface area contributed by atoms with Gasteiger partial charge in [0, 0.05) is 10.3 Å². The third-order valence-electron chi connectivity index (χ3n) is 1.67. The number of allylic oxidation sites excluding steroid dienone is 1. The van der Waals surface area contributed by atoms with Crippen molar-refractivity contribution in [2.24, 2.45) is 5.41 Å². The molecule has 15 heavy (non-hydrogen) atoms. The molecule has 0 amide bonds. The van der Waals surface area contributed by atoms with E-state index in [1.165, 1.54) is 0 Å². The van der Waals surface area contributed by atoms with Crippen LogP contribution in [-0.4, -0.2) is 4.21 Å². The van der Waals surface area contributed by atoms with Crippen LogP contribution in [0.1, 0.15) is 20.8 Å². The molecule has 0 aromatic heterocycles. The van der Waals surface area contributed by atoms with Gasteiger partial charge in [-0.1, -0.05) is 39.0 Å². The van der Waals surface area contributed by atoms with Gasteiger partial charge in [-0.3, -0.25) is 0 Å². The van der Waals surface area contributed by atoms with E-state index < -0.39 is 10.8 Å². The molecule has 0 radical (unpaired) electrons. The van der Waals surface area contributed by atoms with Crippen molar-refractivity contribution in [3.8, 4) is 0 Å². The van der Waals surface area contributed by atoms with Crippen LogP contribution in [-0.2, 0) is 10.8 Å². The first kappa shape index (κ1) is 12.0. The maximum Gasteiger partial charge on any atom is 0.0854 e. The van der Waals surface area contributed by atoms with E-state index in [0.717, 1.165) is 4.90 Å². The van der Waals surface area contributed by atoms with Gasteiger partial charge in [0.05, 0.1) is 10.8 Å². The van der Waals surface area contributed by atoms with E-state index in [0.29, 0.717) is 0 Å². The second-order valence-corrected chi connectivity index (χ2v) is 5.71. The molecule has 0 heterocycles. The molecule has 1 nitrogen and oxygen atoms in total. The summed E-state index contributed by atoms with van der Waals surface area (Å²) in [6.45, 7) is 6.25. The van der Waals surface area contributed by atoms with Crippen LogP contribution in [0.25, 0.3) is 0 Å². The molecule has 0 bridgehead atoms. The Morgan fingerprint density at radius 1 is 1.20 bits per heavy atom. The van der Waals surface area contributed by atoms with Gasteiger partial charge >= 0.3 is 0 Å². The van der Waals surface area contributed by atoms with Crippen molar-refractivity contribution < 1.29 is 4.21 Å². The van der Waals surface area contributed by atoms with Crippen LogP contribution >= 0.6 is 0 Å². The Morgan fingerprint density at radius 3 is 2.33 bits per heavy atom. The molecule has 1 aromatic carbocycles. The molecule has 80 valence electrons. The fourth-order valence-electron chi connectivity index (χ4n) is 0.968. The molecule has 1 atom stereocenters. The van der Waals surface area contributed by atoms with Gasteiger partial charge in [-0.2, -0.15) is 0 Å². The van der Waals surface area contributed by atoms with Crippen LogP contribution in [0.2, 0.25) is 0 Å². The molecule has 0 saturated heterocycles. The zero-order valence-electron chi connectivity index (χ0n) is 9.36. The van der Waals surface area contributed by atoms with E-state index in [2.05, 4.69) is 26.5 Å². The summed E-state index contributed by atoms with van der Waals surface area (Å²) < 4.78 is 11.7. The summed E-state index contributed by atoms with van der Waals surface area (Å²) in [5.74, 6) is 0. The van der Waals surface area contributed by atoms with Crippen molar-refractivity contribution >= 4 is 10.8 Å². The van der Waals surface area contributed by atoms with Crippen LogP contribution in [0.4, 0.5) is 0 Å². The van der Waals surface area contributed by atoms with Gasteiger partial charge in [-0.05, 0) is 23.6 Å². The molecule has 0 spiro atoms. The summed E-state index contributed by atoms with van der Waals surface area (Å²) in [7, 11) is -1.09. The first-order chi connectivity index (χ1) is 6.99. The Hall–Kier alpha value is -1.11. The monoisotopic (exact) mass is 220 g/mol. The Balaban J connectivity index is 2.77. The number of hydrogen-bond donors (Lipinski definition) is 0. The van der Waals surface area contributed by atoms with E-state index in [1.807, 2.05) is 36.4 Å². The summed E-state index contributed by atoms with van der Waals surface area (Å²) >= 11 is 0. The zero-order valence-corrected chi connectivity index (χ0v) is 10.2. The van der Waals surface area contributed by atoms with E-state index in [9.17, 15) is 4.21 Å². The molecule has 0 aliphatic carbocycles. The van der Waals surface area contributed by atoms with Crippen molar-refractivity contribution in [3.05, 3.63) is 47.5 Å². The Kier molecular flexibility index (Phi) is 4.07. The third-order valence-corrected chi connectivity index (χ3v) is 2.75. The maximum atomic E-state index is 11.7. The highest BCUT2D eigenvalue weighted by molar-refractivity contribution is 7.88. The van der Waals surface area contributed by atoms with Crippen molar-refractivity contribution in [1.82, 2.24) is 0 Å². The Morgan fingerprint density at radius 2 is 1.80 bits per heavy atom. The molecular formula is C13H16OS. The summed E-state index contributed by atoms with van der Waals surface area (Å²) in [5.41, 5.74) is 3.05. The van der Waals surface area contributed by atoms with Gasteiger partial charge < -0.3 is 0 Å². The molecule has 1 rings (SSSR count). The summed E-state index contributed by atoms with van der Waals surface area (Å²) in [6, 6.07) is 9.38. The summed E-state index contributed by atoms with van der Waals surface area (Å²) in [4.78, 5) is 0.812. The smallest absolute Gasteiger partial charge is 0.0854 e. The second kappa shape index (κ2) is 5.11. The Labute approximate surface area is 94.0 Å². The van der Waals surface area contributed by atoms with Gasteiger partial charge in [-0.15, -0.1) is 5.73 Å². The average Bonchev–Trinajstić information content (AvgIpc) is 2.17. The summed E-state index contributed by atoms with van der Waals surface area (Å²) in [6.07, 6.45) is 1.92. The largest absolute Gasteiger partial charge is 0.249 e. The minimum Gasteiger partial charge on any atom is -0.249 e. The number of hydrogen-bond acceptors (Lipinski definition) is 1. The third kappa shape index (κ3) is 4.78. The van der Waals surface area contributed by atoms with Crippen molar-refractivity contribution in [2.45, 2.75) is 25.7 Å². The zero-order chi connectivity index (χ0) is 11.3. The Bertz CT molecular complexity index is 392. The highest BCUT2D eigenvalue weighted by Crippen LogP contribution is 2.13. The minimum atomic E-state index is -1.09. The highest BCUT2D eigenvalue weighted by atomic mass is 32.2. The first-order valence-electron chi connectivity index (χ1n) is 4.88. The molecule has 0 aliphatic rings. The van der Waals surface area contributed by atoms with Crippen LogP contribution in [0.3, 0.4) is 0 Å². The lowest BCUT2D eigenvalue weighted by Crippen LogP contribution is -1.97. The number of rotatable bonds is 2. The molecule has 2 heteroatoms. The van der Waals surface area contributed by atoms with Gasteiger partial charge in [0.25, 0.3) is 0 Å². The van der Waals surface area contributed by atoms with Gasteiger partial charge in [-0.25, -0.2) is 4.21 Å². The lowest BCUT2D eigenvalue weighted by molar-refractivity contribution is 0.545. The van der Waals surface area contributed by atoms with E-state index >= 15 is 0 Å². The maximum absolute atomic E-state index is 11.7. The van der Waals surface area contributed by atoms with Crippen molar-refractivity contribution in [2.75, 3.05) is 0 Å². The number of benzene rings is 1. The van der Waals surface area contributed by atoms with Gasteiger partial charge in [0.2, 0.25) is 0 Å². The molecule has 0 saturated carbocycles. The van der Waals surface area contributed by atoms with E-state index in [-0.39, 0.29) is 5.41 Å². The van der Waals surface area contributed by atoms with Gasteiger partial charge in [0.15, 0.2) is 0 Å². The fraction of sp³-hybridized carbons (Fsp3) is 0.308. The molecule has 0 N–H and O–H groups in total. The lowest BCUT2D eigenvalue weighted by Gasteiger charge is -2.08. The predicted octanol–water partition coefficient (Wildman–Crippen LogP) is 3.51. The average molecular weight is 220 g/mol. The minimum absolute atomic E-state index is 0.0807. The molecular weight excluding hydrogens is 204 g/mol. The predicted molar refractivity (Wildman–Crippen MR) is 65.0 cm³/mol. The fourth-order valence-corrected chi connectivity index (χ4v) is 1.72. The van der Waals surface area contributed by atoms with Crippen molar-refractivity contribution in [3.63, 3.8) is 0 Å². The van der Waals surface area contributed by atoms with Crippen LogP contribution in [0, 0.1) is 5.41 Å². The topological polar surface area (TPSA) is 17.1 Å². The van der Waals surface area contributed by atoms with E-state index in [4.69, 9.17) is 0 Å². The van der Waals surface area contributed by atoms with Gasteiger partial charge in [0.1, 0.15) is 0 Å². The molecule has 0 fully saturated rings. The molecule has 1 aromatic rings.